The fraction of sp³-hybridized carbons (Fsp3) is 0.440. The Labute approximate surface area is 197 Å². The van der Waals surface area contributed by atoms with Gasteiger partial charge in [-0.2, -0.15) is 13.2 Å². The largest absolute Gasteiger partial charge is 0.416 e. The summed E-state index contributed by atoms with van der Waals surface area (Å²) in [5.41, 5.74) is 1.62. The number of nitrogens with zero attached hydrogens (tertiary/aromatic N) is 2. The standard InChI is InChI=1S/C25H30F3N3O3/c1-3-30(24(33)16-18(2)19-4-6-20(7-5-19)25(26,27)28)17-23(32)29-21-8-10-22(11-9-21)31-12-14-34-15-13-31/h4-11,18H,3,12-17H2,1-2H3,(H,29,32). The van der Waals surface area contributed by atoms with Gasteiger partial charge < -0.3 is 19.9 Å². The van der Waals surface area contributed by atoms with Gasteiger partial charge in [-0.05, 0) is 54.8 Å². The van der Waals surface area contributed by atoms with Crippen LogP contribution >= 0.6 is 0 Å². The second-order valence-corrected chi connectivity index (χ2v) is 8.33. The van der Waals surface area contributed by atoms with Gasteiger partial charge in [0.2, 0.25) is 11.8 Å². The average molecular weight is 478 g/mol. The zero-order valence-electron chi connectivity index (χ0n) is 19.4. The first-order chi connectivity index (χ1) is 16.2. The van der Waals surface area contributed by atoms with E-state index in [2.05, 4.69) is 10.2 Å². The van der Waals surface area contributed by atoms with Crippen LogP contribution in [0.3, 0.4) is 0 Å². The van der Waals surface area contributed by atoms with Crippen molar-refractivity contribution in [3.05, 3.63) is 59.7 Å². The molecule has 0 saturated carbocycles. The van der Waals surface area contributed by atoms with Crippen molar-refractivity contribution in [1.82, 2.24) is 4.90 Å². The number of carbonyl (C=O) groups is 2. The van der Waals surface area contributed by atoms with Gasteiger partial charge in [-0.25, -0.2) is 0 Å². The first kappa shape index (κ1) is 25.6. The van der Waals surface area contributed by atoms with Gasteiger partial charge in [-0.3, -0.25) is 9.59 Å². The molecule has 0 aliphatic carbocycles. The fourth-order valence-electron chi connectivity index (χ4n) is 3.84. The molecule has 1 aliphatic rings. The van der Waals surface area contributed by atoms with Crippen LogP contribution in [0.4, 0.5) is 24.5 Å². The summed E-state index contributed by atoms with van der Waals surface area (Å²) in [6, 6.07) is 12.4. The van der Waals surface area contributed by atoms with Crippen LogP contribution in [-0.2, 0) is 20.5 Å². The molecule has 9 heteroatoms. The Hall–Kier alpha value is -3.07. The number of nitrogens with one attached hydrogen (secondary N) is 1. The molecule has 184 valence electrons. The molecule has 2 aromatic rings. The van der Waals surface area contributed by atoms with Crippen LogP contribution in [-0.4, -0.2) is 56.1 Å². The van der Waals surface area contributed by atoms with Crippen molar-refractivity contribution < 1.29 is 27.5 Å². The summed E-state index contributed by atoms with van der Waals surface area (Å²) >= 11 is 0. The Morgan fingerprint density at radius 2 is 1.68 bits per heavy atom. The molecule has 1 atom stereocenters. The summed E-state index contributed by atoms with van der Waals surface area (Å²) in [6.07, 6.45) is -4.30. The number of alkyl halides is 3. The number of benzene rings is 2. The summed E-state index contributed by atoms with van der Waals surface area (Å²) in [6.45, 7) is 6.85. The first-order valence-corrected chi connectivity index (χ1v) is 11.3. The maximum Gasteiger partial charge on any atom is 0.416 e. The predicted octanol–water partition coefficient (Wildman–Crippen LogP) is 4.52. The molecular formula is C25H30F3N3O3. The smallest absolute Gasteiger partial charge is 0.378 e. The topological polar surface area (TPSA) is 61.9 Å². The van der Waals surface area contributed by atoms with Crippen LogP contribution in [0.15, 0.2) is 48.5 Å². The molecule has 1 fully saturated rings. The van der Waals surface area contributed by atoms with E-state index in [4.69, 9.17) is 4.74 Å². The fourth-order valence-corrected chi connectivity index (χ4v) is 3.84. The molecule has 0 spiro atoms. The molecule has 1 N–H and O–H groups in total. The Balaban J connectivity index is 1.52. The van der Waals surface area contributed by atoms with E-state index in [9.17, 15) is 22.8 Å². The van der Waals surface area contributed by atoms with E-state index in [0.717, 1.165) is 30.9 Å². The Morgan fingerprint density at radius 3 is 2.24 bits per heavy atom. The second-order valence-electron chi connectivity index (χ2n) is 8.33. The minimum Gasteiger partial charge on any atom is -0.378 e. The molecule has 1 heterocycles. The van der Waals surface area contributed by atoms with Gasteiger partial charge in [0.15, 0.2) is 0 Å². The molecule has 1 saturated heterocycles. The number of anilines is 2. The van der Waals surface area contributed by atoms with Gasteiger partial charge >= 0.3 is 6.18 Å². The van der Waals surface area contributed by atoms with Crippen LogP contribution in [0.5, 0.6) is 0 Å². The molecule has 0 aromatic heterocycles. The molecule has 1 aliphatic heterocycles. The molecule has 2 amide bonds. The van der Waals surface area contributed by atoms with E-state index in [1.54, 1.807) is 13.8 Å². The highest BCUT2D eigenvalue weighted by molar-refractivity contribution is 5.94. The number of hydrogen-bond acceptors (Lipinski definition) is 4. The summed E-state index contributed by atoms with van der Waals surface area (Å²) in [5, 5.41) is 2.81. The van der Waals surface area contributed by atoms with E-state index in [0.29, 0.717) is 31.0 Å². The monoisotopic (exact) mass is 477 g/mol. The number of morpholine rings is 1. The Morgan fingerprint density at radius 1 is 1.06 bits per heavy atom. The van der Waals surface area contributed by atoms with Gasteiger partial charge in [0.25, 0.3) is 0 Å². The van der Waals surface area contributed by atoms with Crippen molar-refractivity contribution in [2.24, 2.45) is 0 Å². The van der Waals surface area contributed by atoms with Gasteiger partial charge in [0, 0.05) is 37.4 Å². The number of likely N-dealkylation sites (N-methyl/N-ethyl adjacent to an activating group) is 1. The van der Waals surface area contributed by atoms with Crippen molar-refractivity contribution in [2.75, 3.05) is 49.6 Å². The van der Waals surface area contributed by atoms with Crippen molar-refractivity contribution in [2.45, 2.75) is 32.4 Å². The lowest BCUT2D eigenvalue weighted by molar-refractivity contribution is -0.137. The van der Waals surface area contributed by atoms with Crippen LogP contribution in [0.1, 0.15) is 37.3 Å². The van der Waals surface area contributed by atoms with Crippen molar-refractivity contribution in [3.8, 4) is 0 Å². The number of carbonyl (C=O) groups excluding carboxylic acids is 2. The van der Waals surface area contributed by atoms with Gasteiger partial charge in [-0.15, -0.1) is 0 Å². The third kappa shape index (κ3) is 6.96. The number of hydrogen-bond donors (Lipinski definition) is 1. The zero-order valence-corrected chi connectivity index (χ0v) is 19.4. The summed E-state index contributed by atoms with van der Waals surface area (Å²) in [7, 11) is 0. The summed E-state index contributed by atoms with van der Waals surface area (Å²) < 4.78 is 43.6. The van der Waals surface area contributed by atoms with Crippen LogP contribution in [0, 0.1) is 0 Å². The molecule has 0 bridgehead atoms. The normalized spacial score (nSPS) is 15.0. The molecule has 1 unspecified atom stereocenters. The quantitative estimate of drug-likeness (QED) is 0.607. The zero-order chi connectivity index (χ0) is 24.7. The molecule has 0 radical (unpaired) electrons. The molecule has 2 aromatic carbocycles. The molecular weight excluding hydrogens is 447 g/mol. The highest BCUT2D eigenvalue weighted by atomic mass is 19.4. The van der Waals surface area contributed by atoms with Crippen molar-refractivity contribution in [3.63, 3.8) is 0 Å². The number of halogens is 3. The van der Waals surface area contributed by atoms with E-state index in [-0.39, 0.29) is 30.7 Å². The number of amides is 2. The third-order valence-corrected chi connectivity index (χ3v) is 5.88. The highest BCUT2D eigenvalue weighted by Gasteiger charge is 2.30. The number of ether oxygens (including phenoxy) is 1. The lowest BCUT2D eigenvalue weighted by Crippen LogP contribution is -2.38. The number of rotatable bonds is 8. The minimum atomic E-state index is -4.40. The maximum atomic E-state index is 12.8. The maximum absolute atomic E-state index is 12.8. The molecule has 34 heavy (non-hydrogen) atoms. The lowest BCUT2D eigenvalue weighted by atomic mass is 9.96. The SMILES string of the molecule is CCN(CC(=O)Nc1ccc(N2CCOCC2)cc1)C(=O)CC(C)c1ccc(C(F)(F)F)cc1. The van der Waals surface area contributed by atoms with E-state index < -0.39 is 11.7 Å². The molecule has 3 rings (SSSR count). The third-order valence-electron chi connectivity index (χ3n) is 5.88. The molecule has 6 nitrogen and oxygen atoms in total. The van der Waals surface area contributed by atoms with Crippen molar-refractivity contribution in [1.29, 1.82) is 0 Å². The van der Waals surface area contributed by atoms with E-state index >= 15 is 0 Å². The van der Waals surface area contributed by atoms with Gasteiger partial charge in [0.05, 0.1) is 25.3 Å². The van der Waals surface area contributed by atoms with Gasteiger partial charge in [-0.1, -0.05) is 19.1 Å². The van der Waals surface area contributed by atoms with Crippen LogP contribution in [0.2, 0.25) is 0 Å². The first-order valence-electron chi connectivity index (χ1n) is 11.3. The lowest BCUT2D eigenvalue weighted by Gasteiger charge is -2.29. The van der Waals surface area contributed by atoms with Gasteiger partial charge in [0.1, 0.15) is 0 Å². The van der Waals surface area contributed by atoms with Crippen LogP contribution < -0.4 is 10.2 Å². The minimum absolute atomic E-state index is 0.0969. The highest BCUT2D eigenvalue weighted by Crippen LogP contribution is 2.30. The van der Waals surface area contributed by atoms with E-state index in [1.807, 2.05) is 24.3 Å². The summed E-state index contributed by atoms with van der Waals surface area (Å²) in [5.74, 6) is -0.816. The van der Waals surface area contributed by atoms with E-state index in [1.165, 1.54) is 17.0 Å². The van der Waals surface area contributed by atoms with Crippen LogP contribution in [0.25, 0.3) is 0 Å². The summed E-state index contributed by atoms with van der Waals surface area (Å²) in [4.78, 5) is 28.9. The average Bonchev–Trinajstić information content (AvgIpc) is 2.83. The Kier molecular flexibility index (Phi) is 8.55. The Bertz CT molecular complexity index is 956. The predicted molar refractivity (Wildman–Crippen MR) is 125 cm³/mol. The second kappa shape index (κ2) is 11.4. The van der Waals surface area contributed by atoms with Crippen molar-refractivity contribution >= 4 is 23.2 Å².